The van der Waals surface area contributed by atoms with Crippen LogP contribution in [0, 0.1) is 10.1 Å². The van der Waals surface area contributed by atoms with E-state index in [-0.39, 0.29) is 16.3 Å². The van der Waals surface area contributed by atoms with Crippen molar-refractivity contribution in [1.82, 2.24) is 10.9 Å². The highest BCUT2D eigenvalue weighted by Gasteiger charge is 2.14. The molecule has 0 heterocycles. The van der Waals surface area contributed by atoms with Gasteiger partial charge in [0, 0.05) is 19.1 Å². The number of carbonyl (C=O) groups is 2. The SMILES string of the molecule is CC(=O)NNC(=O)c1ccc([N+](=O)[O-])cc1Cl. The van der Waals surface area contributed by atoms with E-state index in [1.165, 1.54) is 13.0 Å². The molecule has 0 saturated heterocycles. The van der Waals surface area contributed by atoms with E-state index >= 15 is 0 Å². The number of nitro benzene ring substituents is 1. The van der Waals surface area contributed by atoms with Crippen LogP contribution >= 0.6 is 11.6 Å². The van der Waals surface area contributed by atoms with Gasteiger partial charge in [0.05, 0.1) is 15.5 Å². The molecule has 0 atom stereocenters. The van der Waals surface area contributed by atoms with Gasteiger partial charge in [0.1, 0.15) is 0 Å². The average Bonchev–Trinajstić information content (AvgIpc) is 2.25. The van der Waals surface area contributed by atoms with E-state index in [4.69, 9.17) is 11.6 Å². The van der Waals surface area contributed by atoms with Crippen LogP contribution in [0.3, 0.4) is 0 Å². The van der Waals surface area contributed by atoms with E-state index in [1.54, 1.807) is 0 Å². The number of nitrogens with one attached hydrogen (secondary N) is 2. The van der Waals surface area contributed by atoms with Gasteiger partial charge in [-0.05, 0) is 6.07 Å². The van der Waals surface area contributed by atoms with Crippen LogP contribution in [0.2, 0.25) is 5.02 Å². The van der Waals surface area contributed by atoms with Gasteiger partial charge in [-0.3, -0.25) is 30.6 Å². The third kappa shape index (κ3) is 3.42. The van der Waals surface area contributed by atoms with E-state index in [0.717, 1.165) is 12.1 Å². The van der Waals surface area contributed by atoms with Crippen LogP contribution in [0.1, 0.15) is 17.3 Å². The molecule has 8 heteroatoms. The van der Waals surface area contributed by atoms with Crippen molar-refractivity contribution in [2.45, 2.75) is 6.92 Å². The van der Waals surface area contributed by atoms with Crippen molar-refractivity contribution in [2.24, 2.45) is 0 Å². The number of halogens is 1. The molecule has 0 aliphatic heterocycles. The molecule has 0 spiro atoms. The topological polar surface area (TPSA) is 101 Å². The van der Waals surface area contributed by atoms with Crippen LogP contribution < -0.4 is 10.9 Å². The van der Waals surface area contributed by atoms with Crippen molar-refractivity contribution in [3.63, 3.8) is 0 Å². The Morgan fingerprint density at radius 3 is 2.47 bits per heavy atom. The molecule has 1 aromatic rings. The van der Waals surface area contributed by atoms with Crippen molar-refractivity contribution in [3.05, 3.63) is 38.9 Å². The Bertz CT molecular complexity index is 489. The molecule has 1 aromatic carbocycles. The summed E-state index contributed by atoms with van der Waals surface area (Å²) in [5, 5.41) is 10.4. The lowest BCUT2D eigenvalue weighted by atomic mass is 10.2. The highest BCUT2D eigenvalue weighted by Crippen LogP contribution is 2.22. The third-order valence-electron chi connectivity index (χ3n) is 1.76. The molecule has 0 fully saturated rings. The number of amides is 2. The van der Waals surface area contributed by atoms with Crippen LogP contribution in [0.4, 0.5) is 5.69 Å². The summed E-state index contributed by atoms with van der Waals surface area (Å²) in [6.45, 7) is 1.22. The number of benzene rings is 1. The Morgan fingerprint density at radius 2 is 2.00 bits per heavy atom. The first-order valence-corrected chi connectivity index (χ1v) is 4.80. The lowest BCUT2D eigenvalue weighted by Gasteiger charge is -2.06. The number of nitrogens with zero attached hydrogens (tertiary/aromatic N) is 1. The van der Waals surface area contributed by atoms with Crippen molar-refractivity contribution >= 4 is 29.1 Å². The quantitative estimate of drug-likeness (QED) is 0.610. The molecule has 90 valence electrons. The number of rotatable bonds is 2. The van der Waals surface area contributed by atoms with Crippen molar-refractivity contribution in [3.8, 4) is 0 Å². The summed E-state index contributed by atoms with van der Waals surface area (Å²) in [4.78, 5) is 31.8. The van der Waals surface area contributed by atoms with Crippen LogP contribution in [0.15, 0.2) is 18.2 Å². The number of carbonyl (C=O) groups excluding carboxylic acids is 2. The molecule has 17 heavy (non-hydrogen) atoms. The van der Waals surface area contributed by atoms with Gasteiger partial charge in [-0.1, -0.05) is 11.6 Å². The zero-order chi connectivity index (χ0) is 13.0. The van der Waals surface area contributed by atoms with Crippen molar-refractivity contribution in [2.75, 3.05) is 0 Å². The Labute approximate surface area is 101 Å². The molecule has 2 N–H and O–H groups in total. The normalized spacial score (nSPS) is 9.53. The van der Waals surface area contributed by atoms with Gasteiger partial charge in [-0.15, -0.1) is 0 Å². The fourth-order valence-corrected chi connectivity index (χ4v) is 1.27. The molecule has 0 aliphatic carbocycles. The third-order valence-corrected chi connectivity index (χ3v) is 2.07. The minimum Gasteiger partial charge on any atom is -0.274 e. The summed E-state index contributed by atoms with van der Waals surface area (Å²) in [7, 11) is 0. The van der Waals surface area contributed by atoms with Crippen LogP contribution in [0.25, 0.3) is 0 Å². The van der Waals surface area contributed by atoms with E-state index in [2.05, 4.69) is 10.9 Å². The maximum Gasteiger partial charge on any atom is 0.271 e. The molecule has 2 amide bonds. The summed E-state index contributed by atoms with van der Waals surface area (Å²) in [5.74, 6) is -1.10. The Morgan fingerprint density at radius 1 is 1.35 bits per heavy atom. The molecule has 1 rings (SSSR count). The van der Waals surface area contributed by atoms with Crippen LogP contribution in [-0.4, -0.2) is 16.7 Å². The maximum atomic E-state index is 11.5. The Balaban J connectivity index is 2.88. The number of hydrogen-bond acceptors (Lipinski definition) is 4. The first kappa shape index (κ1) is 12.9. The molecular formula is C9H8ClN3O4. The van der Waals surface area contributed by atoms with E-state index < -0.39 is 16.7 Å². The second-order valence-corrected chi connectivity index (χ2v) is 3.46. The molecule has 0 unspecified atom stereocenters. The van der Waals surface area contributed by atoms with Gasteiger partial charge in [-0.25, -0.2) is 0 Å². The standard InChI is InChI=1S/C9H8ClN3O4/c1-5(14)11-12-9(15)7-3-2-6(13(16)17)4-8(7)10/h2-4H,1H3,(H,11,14)(H,12,15). The zero-order valence-corrected chi connectivity index (χ0v) is 9.45. The summed E-state index contributed by atoms with van der Waals surface area (Å²) in [6.07, 6.45) is 0. The van der Waals surface area contributed by atoms with Crippen molar-refractivity contribution in [1.29, 1.82) is 0 Å². The van der Waals surface area contributed by atoms with Crippen molar-refractivity contribution < 1.29 is 14.5 Å². The smallest absolute Gasteiger partial charge is 0.271 e. The monoisotopic (exact) mass is 257 g/mol. The molecule has 0 aromatic heterocycles. The zero-order valence-electron chi connectivity index (χ0n) is 8.69. The van der Waals surface area contributed by atoms with Gasteiger partial charge < -0.3 is 0 Å². The van der Waals surface area contributed by atoms with Gasteiger partial charge >= 0.3 is 0 Å². The van der Waals surface area contributed by atoms with Crippen LogP contribution in [0.5, 0.6) is 0 Å². The van der Waals surface area contributed by atoms with E-state index in [0.29, 0.717) is 0 Å². The van der Waals surface area contributed by atoms with Gasteiger partial charge in [0.15, 0.2) is 0 Å². The van der Waals surface area contributed by atoms with Gasteiger partial charge in [0.25, 0.3) is 11.6 Å². The second kappa shape index (κ2) is 5.26. The summed E-state index contributed by atoms with van der Waals surface area (Å²) < 4.78 is 0. The first-order chi connectivity index (χ1) is 7.91. The number of non-ortho nitro benzene ring substituents is 1. The highest BCUT2D eigenvalue weighted by molar-refractivity contribution is 6.34. The fraction of sp³-hybridized carbons (Fsp3) is 0.111. The summed E-state index contributed by atoms with van der Waals surface area (Å²) in [6, 6.07) is 3.41. The number of hydrogen-bond donors (Lipinski definition) is 2. The molecule has 7 nitrogen and oxygen atoms in total. The molecule has 0 bridgehead atoms. The molecule has 0 radical (unpaired) electrons. The maximum absolute atomic E-state index is 11.5. The predicted octanol–water partition coefficient (Wildman–Crippen LogP) is 1.03. The van der Waals surface area contributed by atoms with E-state index in [9.17, 15) is 19.7 Å². The minimum absolute atomic E-state index is 0.0333. The molecule has 0 aliphatic rings. The van der Waals surface area contributed by atoms with Gasteiger partial charge in [-0.2, -0.15) is 0 Å². The first-order valence-electron chi connectivity index (χ1n) is 4.42. The molecular weight excluding hydrogens is 250 g/mol. The predicted molar refractivity (Wildman–Crippen MR) is 59.4 cm³/mol. The minimum atomic E-state index is -0.653. The molecule has 0 saturated carbocycles. The lowest BCUT2D eigenvalue weighted by molar-refractivity contribution is -0.384. The van der Waals surface area contributed by atoms with Crippen LogP contribution in [-0.2, 0) is 4.79 Å². The summed E-state index contributed by atoms with van der Waals surface area (Å²) >= 11 is 5.71. The Kier molecular flexibility index (Phi) is 4.00. The van der Waals surface area contributed by atoms with Gasteiger partial charge in [0.2, 0.25) is 5.91 Å². The fourth-order valence-electron chi connectivity index (χ4n) is 1.01. The number of hydrazine groups is 1. The highest BCUT2D eigenvalue weighted by atomic mass is 35.5. The largest absolute Gasteiger partial charge is 0.274 e. The number of nitro groups is 1. The van der Waals surface area contributed by atoms with E-state index in [1.807, 2.05) is 0 Å². The second-order valence-electron chi connectivity index (χ2n) is 3.06. The Hall–Kier alpha value is -2.15. The average molecular weight is 258 g/mol. The summed E-state index contributed by atoms with van der Waals surface area (Å²) in [5.41, 5.74) is 3.99. The lowest BCUT2D eigenvalue weighted by Crippen LogP contribution is -2.40.